The summed E-state index contributed by atoms with van der Waals surface area (Å²) in [5.74, 6) is 3.27. The number of rotatable bonds is 8. The van der Waals surface area contributed by atoms with Crippen molar-refractivity contribution in [3.63, 3.8) is 0 Å². The van der Waals surface area contributed by atoms with Crippen molar-refractivity contribution < 1.29 is 19.4 Å². The lowest BCUT2D eigenvalue weighted by Crippen LogP contribution is -2.60. The number of carbonyl (C=O) groups excluding carboxylic acids is 2. The van der Waals surface area contributed by atoms with Crippen molar-refractivity contribution in [2.75, 3.05) is 24.6 Å². The fourth-order valence-electron chi connectivity index (χ4n) is 6.26. The summed E-state index contributed by atoms with van der Waals surface area (Å²) in [5, 5.41) is 17.7. The maximum Gasteiger partial charge on any atom is 0.407 e. The van der Waals surface area contributed by atoms with Gasteiger partial charge in [-0.3, -0.25) is 9.69 Å². The molecule has 3 N–H and O–H groups in total. The number of aliphatic hydroxyl groups is 1. The summed E-state index contributed by atoms with van der Waals surface area (Å²) in [6.07, 6.45) is 4.73. The number of nitrogens with one attached hydrogen (secondary N) is 2. The van der Waals surface area contributed by atoms with E-state index >= 15 is 0 Å². The van der Waals surface area contributed by atoms with Gasteiger partial charge in [0, 0.05) is 30.3 Å². The second kappa shape index (κ2) is 13.1. The highest BCUT2D eigenvalue weighted by molar-refractivity contribution is 7.99. The maximum absolute atomic E-state index is 13.4. The van der Waals surface area contributed by atoms with E-state index in [0.717, 1.165) is 30.0 Å². The number of likely N-dealkylation sites (tertiary alicyclic amines) is 1. The fourth-order valence-corrected chi connectivity index (χ4v) is 7.61. The Kier molecular flexibility index (Phi) is 10.0. The molecule has 1 aliphatic carbocycles. The zero-order valence-electron chi connectivity index (χ0n) is 23.5. The average molecular weight is 546 g/mol. The molecule has 3 fully saturated rings. The molecule has 38 heavy (non-hydrogen) atoms. The predicted molar refractivity (Wildman–Crippen MR) is 153 cm³/mol. The minimum Gasteiger partial charge on any atom is -0.445 e. The van der Waals surface area contributed by atoms with E-state index in [2.05, 4.69) is 22.5 Å². The van der Waals surface area contributed by atoms with Gasteiger partial charge in [-0.2, -0.15) is 11.8 Å². The zero-order valence-corrected chi connectivity index (χ0v) is 24.3. The summed E-state index contributed by atoms with van der Waals surface area (Å²) < 4.78 is 5.76. The second-order valence-electron chi connectivity index (χ2n) is 12.7. The highest BCUT2D eigenvalue weighted by Gasteiger charge is 2.42. The molecule has 0 bridgehead atoms. The lowest BCUT2D eigenvalue weighted by Gasteiger charge is -2.47. The quantitative estimate of drug-likeness (QED) is 0.453. The molecule has 7 nitrogen and oxygen atoms in total. The SMILES string of the molecule is C[C@H]1CSC[C@H]1OC(=O)N[C@@H](Cc1ccccc1)[C@H](O)CN1C[C@H]2CCCC[C@H]2C[C@H]1C(=O)NC(C)(C)C. The van der Waals surface area contributed by atoms with Crippen LogP contribution in [0.2, 0.25) is 0 Å². The number of piperidine rings is 1. The Balaban J connectivity index is 1.48. The smallest absolute Gasteiger partial charge is 0.407 e. The van der Waals surface area contributed by atoms with Gasteiger partial charge in [0.05, 0.1) is 18.2 Å². The van der Waals surface area contributed by atoms with Gasteiger partial charge in [0.15, 0.2) is 0 Å². The van der Waals surface area contributed by atoms with Crippen LogP contribution in [0, 0.1) is 17.8 Å². The maximum atomic E-state index is 13.4. The van der Waals surface area contributed by atoms with Crippen LogP contribution in [0.5, 0.6) is 0 Å². The van der Waals surface area contributed by atoms with Crippen molar-refractivity contribution in [3.05, 3.63) is 35.9 Å². The third kappa shape index (κ3) is 8.12. The molecule has 7 atom stereocenters. The summed E-state index contributed by atoms with van der Waals surface area (Å²) in [6, 6.07) is 9.12. The van der Waals surface area contributed by atoms with Crippen molar-refractivity contribution in [3.8, 4) is 0 Å². The molecule has 2 aliphatic heterocycles. The van der Waals surface area contributed by atoms with Crippen molar-refractivity contribution in [2.45, 2.75) is 96.1 Å². The Hall–Kier alpha value is -1.77. The number of nitrogens with zero attached hydrogens (tertiary/aromatic N) is 1. The molecule has 2 saturated heterocycles. The number of ether oxygens (including phenoxy) is 1. The Morgan fingerprint density at radius 2 is 1.84 bits per heavy atom. The van der Waals surface area contributed by atoms with Crippen molar-refractivity contribution in [2.24, 2.45) is 17.8 Å². The summed E-state index contributed by atoms with van der Waals surface area (Å²) in [6.45, 7) is 9.26. The van der Waals surface area contributed by atoms with Crippen molar-refractivity contribution in [1.29, 1.82) is 0 Å². The Labute approximate surface area is 232 Å². The minimum atomic E-state index is -0.844. The number of fused-ring (bicyclic) bond motifs is 1. The molecule has 1 saturated carbocycles. The Morgan fingerprint density at radius 1 is 1.13 bits per heavy atom. The van der Waals surface area contributed by atoms with E-state index in [-0.39, 0.29) is 23.6 Å². The molecule has 2 amide bonds. The van der Waals surface area contributed by atoms with Gasteiger partial charge in [0.2, 0.25) is 5.91 Å². The van der Waals surface area contributed by atoms with Gasteiger partial charge in [0.1, 0.15) is 6.10 Å². The molecule has 0 radical (unpaired) electrons. The first-order valence-electron chi connectivity index (χ1n) is 14.4. The highest BCUT2D eigenvalue weighted by Crippen LogP contribution is 2.39. The number of thioether (sulfide) groups is 1. The van der Waals surface area contributed by atoms with Crippen LogP contribution in [0.15, 0.2) is 30.3 Å². The molecule has 2 heterocycles. The van der Waals surface area contributed by atoms with E-state index in [1.807, 2.05) is 51.1 Å². The van der Waals surface area contributed by atoms with Crippen molar-refractivity contribution >= 4 is 23.8 Å². The third-order valence-corrected chi connectivity index (χ3v) is 9.67. The molecule has 0 spiro atoms. The van der Waals surface area contributed by atoms with E-state index in [1.54, 1.807) is 11.8 Å². The predicted octanol–water partition coefficient (Wildman–Crippen LogP) is 4.23. The molecular weight excluding hydrogens is 498 g/mol. The first kappa shape index (κ1) is 29.2. The van der Waals surface area contributed by atoms with Crippen LogP contribution in [0.1, 0.15) is 65.4 Å². The number of hydrogen-bond acceptors (Lipinski definition) is 6. The molecule has 8 heteroatoms. The van der Waals surface area contributed by atoms with Gasteiger partial charge in [-0.25, -0.2) is 4.79 Å². The number of aliphatic hydroxyl groups excluding tert-OH is 1. The lowest BCUT2D eigenvalue weighted by molar-refractivity contribution is -0.132. The first-order valence-corrected chi connectivity index (χ1v) is 15.6. The molecule has 3 aliphatic rings. The number of alkyl carbamates (subject to hydrolysis) is 1. The average Bonchev–Trinajstić information content (AvgIpc) is 3.26. The molecular formula is C30H47N3O4S. The molecule has 1 aromatic carbocycles. The fraction of sp³-hybridized carbons (Fsp3) is 0.733. The van der Waals surface area contributed by atoms with Crippen molar-refractivity contribution in [1.82, 2.24) is 15.5 Å². The largest absolute Gasteiger partial charge is 0.445 e. The van der Waals surface area contributed by atoms with E-state index in [1.165, 1.54) is 25.7 Å². The Bertz CT molecular complexity index is 924. The topological polar surface area (TPSA) is 90.9 Å². The van der Waals surface area contributed by atoms with Crippen LogP contribution in [-0.4, -0.2) is 76.4 Å². The van der Waals surface area contributed by atoms with Crippen LogP contribution < -0.4 is 10.6 Å². The molecule has 4 rings (SSSR count). The van der Waals surface area contributed by atoms with Gasteiger partial charge in [-0.15, -0.1) is 0 Å². The number of amides is 2. The number of benzene rings is 1. The van der Waals surface area contributed by atoms with Gasteiger partial charge >= 0.3 is 6.09 Å². The van der Waals surface area contributed by atoms with Crippen LogP contribution >= 0.6 is 11.8 Å². The van der Waals surface area contributed by atoms with Gasteiger partial charge in [0.25, 0.3) is 0 Å². The van der Waals surface area contributed by atoms with Crippen LogP contribution in [0.4, 0.5) is 4.79 Å². The molecule has 1 aromatic rings. The summed E-state index contributed by atoms with van der Waals surface area (Å²) in [5.41, 5.74) is 0.719. The molecule has 212 valence electrons. The number of β-amino-alcohol motifs (C(OH)–C–C–N with tert-alkyl or cyclic N) is 1. The van der Waals surface area contributed by atoms with Gasteiger partial charge < -0.3 is 20.5 Å². The van der Waals surface area contributed by atoms with E-state index in [9.17, 15) is 14.7 Å². The minimum absolute atomic E-state index is 0.0356. The van der Waals surface area contributed by atoms with Gasteiger partial charge in [-0.05, 0) is 63.2 Å². The normalized spacial score (nSPS) is 29.7. The second-order valence-corrected chi connectivity index (χ2v) is 13.8. The number of carbonyl (C=O) groups is 2. The highest BCUT2D eigenvalue weighted by atomic mass is 32.2. The summed E-state index contributed by atoms with van der Waals surface area (Å²) in [7, 11) is 0. The molecule has 0 unspecified atom stereocenters. The number of hydrogen-bond donors (Lipinski definition) is 3. The monoisotopic (exact) mass is 545 g/mol. The van der Waals surface area contributed by atoms with E-state index in [0.29, 0.717) is 30.7 Å². The lowest BCUT2D eigenvalue weighted by atomic mass is 9.72. The Morgan fingerprint density at radius 3 is 2.50 bits per heavy atom. The third-order valence-electron chi connectivity index (χ3n) is 8.35. The first-order chi connectivity index (χ1) is 18.1. The van der Waals surface area contributed by atoms with Crippen LogP contribution in [-0.2, 0) is 16.0 Å². The van der Waals surface area contributed by atoms with Gasteiger partial charge in [-0.1, -0.05) is 56.5 Å². The summed E-state index contributed by atoms with van der Waals surface area (Å²) >= 11 is 1.80. The van der Waals surface area contributed by atoms with Crippen LogP contribution in [0.25, 0.3) is 0 Å². The molecule has 0 aromatic heterocycles. The standard InChI is InChI=1S/C30H47N3O4S/c1-20-18-38-19-27(20)37-29(36)31-24(14-21-10-6-5-7-11-21)26(34)17-33-16-23-13-9-8-12-22(23)15-25(33)28(35)32-30(2,3)4/h5-7,10-11,20,22-27,34H,8-9,12-19H2,1-4H3,(H,31,36)(H,32,35)/t20-,22-,23+,24-,25-,26+,27+/m0/s1. The summed E-state index contributed by atoms with van der Waals surface area (Å²) in [4.78, 5) is 28.5. The van der Waals surface area contributed by atoms with E-state index in [4.69, 9.17) is 4.74 Å². The van der Waals surface area contributed by atoms with Crippen LogP contribution in [0.3, 0.4) is 0 Å². The zero-order chi connectivity index (χ0) is 27.3. The van der Waals surface area contributed by atoms with E-state index < -0.39 is 18.2 Å².